The van der Waals surface area contributed by atoms with Crippen molar-refractivity contribution in [3.8, 4) is 17.4 Å². The van der Waals surface area contributed by atoms with Gasteiger partial charge < -0.3 is 14.8 Å². The van der Waals surface area contributed by atoms with E-state index in [4.69, 9.17) is 9.47 Å². The van der Waals surface area contributed by atoms with Crippen molar-refractivity contribution in [1.29, 1.82) is 0 Å². The molecule has 0 unspecified atom stereocenters. The van der Waals surface area contributed by atoms with Crippen LogP contribution in [0.25, 0.3) is 10.9 Å². The molecule has 0 saturated carbocycles. The molecule has 7 heteroatoms. The van der Waals surface area contributed by atoms with Gasteiger partial charge in [0.15, 0.2) is 6.61 Å². The number of benzene rings is 2. The Bertz CT molecular complexity index is 1050. The highest BCUT2D eigenvalue weighted by Crippen LogP contribution is 2.23. The van der Waals surface area contributed by atoms with Crippen LogP contribution >= 0.6 is 0 Å². The molecule has 0 aliphatic rings. The summed E-state index contributed by atoms with van der Waals surface area (Å²) in [6, 6.07) is 18.0. The van der Waals surface area contributed by atoms with Gasteiger partial charge in [0.05, 0.1) is 17.4 Å². The first-order valence-electron chi connectivity index (χ1n) is 8.32. The van der Waals surface area contributed by atoms with Gasteiger partial charge in [-0.3, -0.25) is 9.89 Å². The molecule has 0 bridgehead atoms. The number of hydrogen-bond acceptors (Lipinski definition) is 5. The van der Waals surface area contributed by atoms with Crippen molar-refractivity contribution in [1.82, 2.24) is 15.2 Å². The molecule has 2 aromatic carbocycles. The standard InChI is InChI=1S/C20H16N4O3/c25-18(23-17-5-3-4-14-12-22-24-20(14)17)13-26-15-7-9-16(10-8-15)27-19-6-1-2-11-21-19/h1-12H,13H2,(H,22,24)(H,23,25). The lowest BCUT2D eigenvalue weighted by Crippen LogP contribution is -2.20. The van der Waals surface area contributed by atoms with Crippen molar-refractivity contribution in [3.63, 3.8) is 0 Å². The zero-order chi connectivity index (χ0) is 18.5. The molecular formula is C20H16N4O3. The highest BCUT2D eigenvalue weighted by molar-refractivity contribution is 6.00. The first-order chi connectivity index (χ1) is 13.3. The molecule has 1 amide bonds. The molecule has 0 radical (unpaired) electrons. The maximum atomic E-state index is 12.2. The van der Waals surface area contributed by atoms with E-state index in [1.54, 1.807) is 42.7 Å². The van der Waals surface area contributed by atoms with Crippen LogP contribution in [0.1, 0.15) is 0 Å². The molecule has 0 aliphatic carbocycles. The van der Waals surface area contributed by atoms with Gasteiger partial charge >= 0.3 is 0 Å². The molecule has 2 aromatic heterocycles. The summed E-state index contributed by atoms with van der Waals surface area (Å²) in [4.78, 5) is 16.3. The van der Waals surface area contributed by atoms with E-state index in [0.717, 1.165) is 10.9 Å². The van der Waals surface area contributed by atoms with E-state index in [0.29, 0.717) is 23.1 Å². The number of carbonyl (C=O) groups is 1. The van der Waals surface area contributed by atoms with Gasteiger partial charge in [-0.1, -0.05) is 18.2 Å². The van der Waals surface area contributed by atoms with Crippen LogP contribution in [0.5, 0.6) is 17.4 Å². The molecule has 7 nitrogen and oxygen atoms in total. The number of nitrogens with zero attached hydrogens (tertiary/aromatic N) is 2. The maximum absolute atomic E-state index is 12.2. The predicted octanol–water partition coefficient (Wildman–Crippen LogP) is 3.77. The summed E-state index contributed by atoms with van der Waals surface area (Å²) in [6.07, 6.45) is 3.37. The van der Waals surface area contributed by atoms with Crippen LogP contribution in [0, 0.1) is 0 Å². The van der Waals surface area contributed by atoms with Crippen LogP contribution in [0.15, 0.2) is 73.1 Å². The summed E-state index contributed by atoms with van der Waals surface area (Å²) in [6.45, 7) is -0.106. The Morgan fingerprint density at radius 1 is 1.00 bits per heavy atom. The fourth-order valence-electron chi connectivity index (χ4n) is 2.54. The third-order valence-corrected chi connectivity index (χ3v) is 3.80. The molecule has 0 atom stereocenters. The van der Waals surface area contributed by atoms with Crippen molar-refractivity contribution in [2.24, 2.45) is 0 Å². The normalized spacial score (nSPS) is 10.5. The first kappa shape index (κ1) is 16.6. The molecule has 0 fully saturated rings. The minimum absolute atomic E-state index is 0.106. The SMILES string of the molecule is O=C(COc1ccc(Oc2ccccn2)cc1)Nc1cccc2cn[nH]c12. The fourth-order valence-corrected chi connectivity index (χ4v) is 2.54. The van der Waals surface area contributed by atoms with Crippen LogP contribution in [0.3, 0.4) is 0 Å². The van der Waals surface area contributed by atoms with Crippen molar-refractivity contribution >= 4 is 22.5 Å². The second-order valence-electron chi connectivity index (χ2n) is 5.72. The minimum atomic E-state index is -0.258. The van der Waals surface area contributed by atoms with E-state index in [2.05, 4.69) is 20.5 Å². The Hall–Kier alpha value is -3.87. The number of amides is 1. The van der Waals surface area contributed by atoms with Crippen molar-refractivity contribution < 1.29 is 14.3 Å². The second-order valence-corrected chi connectivity index (χ2v) is 5.72. The first-order valence-corrected chi connectivity index (χ1v) is 8.32. The number of rotatable bonds is 6. The fraction of sp³-hybridized carbons (Fsp3) is 0.0500. The Morgan fingerprint density at radius 3 is 2.67 bits per heavy atom. The third kappa shape index (κ3) is 4.04. The van der Waals surface area contributed by atoms with Crippen LogP contribution in [0.4, 0.5) is 5.69 Å². The number of carbonyl (C=O) groups excluding carboxylic acids is 1. The zero-order valence-corrected chi connectivity index (χ0v) is 14.3. The van der Waals surface area contributed by atoms with Crippen molar-refractivity contribution in [2.45, 2.75) is 0 Å². The Balaban J connectivity index is 1.33. The second kappa shape index (κ2) is 7.57. The zero-order valence-electron chi connectivity index (χ0n) is 14.3. The number of aromatic amines is 1. The van der Waals surface area contributed by atoms with Gasteiger partial charge in [-0.05, 0) is 36.4 Å². The van der Waals surface area contributed by atoms with Gasteiger partial charge in [0.25, 0.3) is 5.91 Å². The van der Waals surface area contributed by atoms with E-state index < -0.39 is 0 Å². The van der Waals surface area contributed by atoms with Gasteiger partial charge in [-0.15, -0.1) is 0 Å². The number of nitrogens with one attached hydrogen (secondary N) is 2. The number of ether oxygens (including phenoxy) is 2. The molecule has 2 N–H and O–H groups in total. The predicted molar refractivity (Wildman–Crippen MR) is 101 cm³/mol. The Kier molecular flexibility index (Phi) is 4.65. The summed E-state index contributed by atoms with van der Waals surface area (Å²) >= 11 is 0. The van der Waals surface area contributed by atoms with E-state index in [9.17, 15) is 4.79 Å². The summed E-state index contributed by atoms with van der Waals surface area (Å²) in [5, 5.41) is 10.6. The summed E-state index contributed by atoms with van der Waals surface area (Å²) < 4.78 is 11.1. The molecule has 0 aliphatic heterocycles. The van der Waals surface area contributed by atoms with Crippen LogP contribution < -0.4 is 14.8 Å². The lowest BCUT2D eigenvalue weighted by Gasteiger charge is -2.09. The molecule has 134 valence electrons. The van der Waals surface area contributed by atoms with Gasteiger partial charge in [0.2, 0.25) is 5.88 Å². The number of para-hydroxylation sites is 1. The summed E-state index contributed by atoms with van der Waals surface area (Å²) in [5.41, 5.74) is 1.44. The van der Waals surface area contributed by atoms with Crippen LogP contribution in [0.2, 0.25) is 0 Å². The Morgan fingerprint density at radius 2 is 1.85 bits per heavy atom. The lowest BCUT2D eigenvalue weighted by atomic mass is 10.2. The highest BCUT2D eigenvalue weighted by Gasteiger charge is 2.08. The van der Waals surface area contributed by atoms with Crippen LogP contribution in [-0.2, 0) is 4.79 Å². The average Bonchev–Trinajstić information content (AvgIpc) is 3.18. The molecule has 27 heavy (non-hydrogen) atoms. The smallest absolute Gasteiger partial charge is 0.262 e. The molecule has 0 spiro atoms. The summed E-state index contributed by atoms with van der Waals surface area (Å²) in [5.74, 6) is 1.46. The lowest BCUT2D eigenvalue weighted by molar-refractivity contribution is -0.118. The van der Waals surface area contributed by atoms with Gasteiger partial charge in [-0.25, -0.2) is 4.98 Å². The molecule has 4 rings (SSSR count). The van der Waals surface area contributed by atoms with E-state index >= 15 is 0 Å². The van der Waals surface area contributed by atoms with Gasteiger partial charge in [-0.2, -0.15) is 5.10 Å². The number of H-pyrrole nitrogens is 1. The summed E-state index contributed by atoms with van der Waals surface area (Å²) in [7, 11) is 0. The van der Waals surface area contributed by atoms with E-state index in [1.165, 1.54) is 0 Å². The van der Waals surface area contributed by atoms with Gasteiger partial charge in [0.1, 0.15) is 11.5 Å². The number of fused-ring (bicyclic) bond motifs is 1. The third-order valence-electron chi connectivity index (χ3n) is 3.80. The Labute approximate surface area is 155 Å². The number of hydrogen-bond donors (Lipinski definition) is 2. The largest absolute Gasteiger partial charge is 0.484 e. The van der Waals surface area contributed by atoms with E-state index in [1.807, 2.05) is 30.3 Å². The minimum Gasteiger partial charge on any atom is -0.484 e. The number of aromatic nitrogens is 3. The molecule has 0 saturated heterocycles. The average molecular weight is 360 g/mol. The van der Waals surface area contributed by atoms with E-state index in [-0.39, 0.29) is 12.5 Å². The number of pyridine rings is 1. The maximum Gasteiger partial charge on any atom is 0.262 e. The van der Waals surface area contributed by atoms with Crippen LogP contribution in [-0.4, -0.2) is 27.7 Å². The molecular weight excluding hydrogens is 344 g/mol. The van der Waals surface area contributed by atoms with Gasteiger partial charge in [0, 0.05) is 17.6 Å². The number of anilines is 1. The monoisotopic (exact) mass is 360 g/mol. The van der Waals surface area contributed by atoms with Crippen molar-refractivity contribution in [2.75, 3.05) is 11.9 Å². The highest BCUT2D eigenvalue weighted by atomic mass is 16.5. The molecule has 2 heterocycles. The molecule has 4 aromatic rings. The van der Waals surface area contributed by atoms with Crippen molar-refractivity contribution in [3.05, 3.63) is 73.1 Å². The topological polar surface area (TPSA) is 89.1 Å². The quantitative estimate of drug-likeness (QED) is 0.546.